The summed E-state index contributed by atoms with van der Waals surface area (Å²) in [6, 6.07) is 0. The lowest BCUT2D eigenvalue weighted by atomic mass is 9.33. The van der Waals surface area contributed by atoms with Crippen LogP contribution in [0.3, 0.4) is 0 Å². The number of aliphatic hydroxyl groups is 6. The molecule has 0 amide bonds. The predicted octanol–water partition coefficient (Wildman–Crippen LogP) is 3.52. The lowest BCUT2D eigenvalue weighted by molar-refractivity contribution is -0.365. The van der Waals surface area contributed by atoms with Gasteiger partial charge in [0.2, 0.25) is 0 Å². The van der Waals surface area contributed by atoms with Crippen molar-refractivity contribution in [1.82, 2.24) is 0 Å². The molecule has 0 aromatic heterocycles. The summed E-state index contributed by atoms with van der Waals surface area (Å²) < 4.78 is 24.3. The predicted molar refractivity (Wildman–Crippen MR) is 192 cm³/mol. The van der Waals surface area contributed by atoms with Gasteiger partial charge in [0, 0.05) is 5.41 Å². The maximum Gasteiger partial charge on any atom is 0.310 e. The number of allylic oxidation sites excluding steroid dienone is 2. The van der Waals surface area contributed by atoms with E-state index in [0.717, 1.165) is 51.4 Å². The Morgan fingerprint density at radius 2 is 1.53 bits per heavy atom. The number of ether oxygens (including phenoxy) is 4. The fraction of sp³-hybridized carbons (Fsp3) is 0.927. The van der Waals surface area contributed by atoms with Crippen LogP contribution >= 0.6 is 0 Å². The van der Waals surface area contributed by atoms with Crippen molar-refractivity contribution in [1.29, 1.82) is 0 Å². The SMILES string of the molecule is C[C@H]1O[C@@H](O[C@H]2[C@H](O[C@H]3CC[C@@]4(C)[C@@H](CC[C@]5(C)[C@@H]4CC=C4[C@@H]6CC(C)(C)CC[C@]6(C(=O)O)CC[C@]45C)[C@]3(C)CO)OC[C@H](O)[C@@H]2O)[C@H](O)[C@@H](O)[C@@H]1O. The molecule has 0 radical (unpaired) electrons. The fourth-order valence-corrected chi connectivity index (χ4v) is 13.3. The van der Waals surface area contributed by atoms with E-state index in [2.05, 4.69) is 47.6 Å². The smallest absolute Gasteiger partial charge is 0.310 e. The fourth-order valence-electron chi connectivity index (χ4n) is 13.3. The van der Waals surface area contributed by atoms with Gasteiger partial charge in [-0.25, -0.2) is 0 Å². The zero-order valence-electron chi connectivity index (χ0n) is 32.7. The quantitative estimate of drug-likeness (QED) is 0.155. The molecule has 0 aromatic rings. The topological polar surface area (TPSA) is 196 Å². The Morgan fingerprint density at radius 1 is 0.830 bits per heavy atom. The largest absolute Gasteiger partial charge is 0.481 e. The number of carboxylic acids is 1. The van der Waals surface area contributed by atoms with E-state index in [1.165, 1.54) is 12.5 Å². The van der Waals surface area contributed by atoms with Crippen molar-refractivity contribution in [2.75, 3.05) is 13.2 Å². The van der Waals surface area contributed by atoms with Gasteiger partial charge in [-0.1, -0.05) is 53.2 Å². The van der Waals surface area contributed by atoms with Crippen LogP contribution in [0.4, 0.5) is 0 Å². The van der Waals surface area contributed by atoms with Gasteiger partial charge in [0.25, 0.3) is 0 Å². The summed E-state index contributed by atoms with van der Waals surface area (Å²) >= 11 is 0. The van der Waals surface area contributed by atoms with Crippen molar-refractivity contribution >= 4 is 5.97 Å². The van der Waals surface area contributed by atoms with E-state index >= 15 is 0 Å². The Hall–Kier alpha value is -1.19. The van der Waals surface area contributed by atoms with Gasteiger partial charge in [0.15, 0.2) is 12.6 Å². The van der Waals surface area contributed by atoms with Crippen molar-refractivity contribution in [2.45, 2.75) is 174 Å². The van der Waals surface area contributed by atoms with E-state index in [-0.39, 0.29) is 46.7 Å². The van der Waals surface area contributed by atoms with Crippen LogP contribution in [-0.2, 0) is 23.7 Å². The number of hydrogen-bond acceptors (Lipinski definition) is 11. The number of hydrogen-bond donors (Lipinski definition) is 7. The van der Waals surface area contributed by atoms with Crippen molar-refractivity contribution < 1.29 is 59.5 Å². The summed E-state index contributed by atoms with van der Waals surface area (Å²) in [6.07, 6.45) is -1.79. The van der Waals surface area contributed by atoms with Crippen molar-refractivity contribution in [3.05, 3.63) is 11.6 Å². The Kier molecular flexibility index (Phi) is 10.2. The van der Waals surface area contributed by atoms with E-state index in [0.29, 0.717) is 18.8 Å². The molecule has 6 fully saturated rings. The van der Waals surface area contributed by atoms with Crippen LogP contribution in [0, 0.1) is 50.2 Å². The molecule has 2 aliphatic heterocycles. The van der Waals surface area contributed by atoms with Crippen molar-refractivity contribution in [2.24, 2.45) is 50.2 Å². The lowest BCUT2D eigenvalue weighted by Gasteiger charge is -2.71. The third-order valence-electron chi connectivity index (χ3n) is 17.0. The van der Waals surface area contributed by atoms with Gasteiger partial charge >= 0.3 is 5.97 Å². The van der Waals surface area contributed by atoms with Crippen LogP contribution in [0.15, 0.2) is 11.6 Å². The van der Waals surface area contributed by atoms with E-state index in [4.69, 9.17) is 18.9 Å². The highest BCUT2D eigenvalue weighted by Gasteiger charge is 2.70. The Balaban J connectivity index is 1.15. The van der Waals surface area contributed by atoms with E-state index in [1.54, 1.807) is 0 Å². The minimum absolute atomic E-state index is 0.0360. The maximum atomic E-state index is 13.0. The minimum Gasteiger partial charge on any atom is -0.481 e. The average Bonchev–Trinajstić information content (AvgIpc) is 3.10. The molecule has 7 N–H and O–H groups in total. The molecular weight excluding hydrogens is 684 g/mol. The average molecular weight is 751 g/mol. The second-order valence-corrected chi connectivity index (χ2v) is 20.0. The van der Waals surface area contributed by atoms with Crippen LogP contribution in [0.25, 0.3) is 0 Å². The molecule has 0 aromatic carbocycles. The molecule has 5 aliphatic carbocycles. The van der Waals surface area contributed by atoms with Gasteiger partial charge in [0.1, 0.15) is 36.6 Å². The zero-order valence-corrected chi connectivity index (χ0v) is 32.7. The van der Waals surface area contributed by atoms with Crippen LogP contribution < -0.4 is 0 Å². The standard InChI is InChI=1S/C41H66O12/c1-21-28(44)30(46)31(47)33(51-21)53-32-29(45)24(43)19-50-34(32)52-27-11-12-37(4)25(38(27,5)20-42)10-13-40(7)26(37)9-8-22-23-18-36(2,3)14-16-41(23,35(48)49)17-15-39(22,40)6/h8,21,23-34,42-47H,9-20H2,1-7H3,(H,48,49)/t21-,23+,24+,25-,26-,27+,28-,29+,30+,31-,32-,33+,34+,37+,38+,39-,40-,41+/m1/s1. The normalized spacial score (nSPS) is 55.1. The molecule has 2 saturated heterocycles. The second kappa shape index (κ2) is 13.5. The van der Waals surface area contributed by atoms with Gasteiger partial charge < -0.3 is 54.7 Å². The second-order valence-electron chi connectivity index (χ2n) is 20.0. The monoisotopic (exact) mass is 750 g/mol. The molecular formula is C41H66O12. The summed E-state index contributed by atoms with van der Waals surface area (Å²) in [6.45, 7) is 15.1. The van der Waals surface area contributed by atoms with E-state index in [1.807, 2.05) is 0 Å². The maximum absolute atomic E-state index is 13.0. The highest BCUT2D eigenvalue weighted by atomic mass is 16.8. The zero-order chi connectivity index (χ0) is 38.7. The Labute approximate surface area is 314 Å². The molecule has 302 valence electrons. The number of fused-ring (bicyclic) bond motifs is 7. The van der Waals surface area contributed by atoms with Crippen LogP contribution in [0.2, 0.25) is 0 Å². The van der Waals surface area contributed by atoms with Crippen LogP contribution in [-0.4, -0.2) is 116 Å². The summed E-state index contributed by atoms with van der Waals surface area (Å²) in [5, 5.41) is 74.9. The first-order valence-electron chi connectivity index (χ1n) is 20.2. The molecule has 7 aliphatic rings. The summed E-state index contributed by atoms with van der Waals surface area (Å²) in [5.41, 5.74) is -0.239. The summed E-state index contributed by atoms with van der Waals surface area (Å²) in [4.78, 5) is 13.0. The molecule has 0 spiro atoms. The number of carboxylic acid groups (broad SMARTS) is 1. The summed E-state index contributed by atoms with van der Waals surface area (Å²) in [7, 11) is 0. The minimum atomic E-state index is -1.62. The van der Waals surface area contributed by atoms with E-state index < -0.39 is 78.2 Å². The third kappa shape index (κ3) is 5.85. The number of aliphatic carboxylic acids is 1. The summed E-state index contributed by atoms with van der Waals surface area (Å²) in [5.74, 6) is -0.194. The lowest BCUT2D eigenvalue weighted by Crippen LogP contribution is -2.67. The van der Waals surface area contributed by atoms with Gasteiger partial charge in [-0.3, -0.25) is 4.79 Å². The molecule has 2 heterocycles. The third-order valence-corrected chi connectivity index (χ3v) is 17.0. The highest BCUT2D eigenvalue weighted by molar-refractivity contribution is 5.76. The molecule has 18 atom stereocenters. The highest BCUT2D eigenvalue weighted by Crippen LogP contribution is 2.76. The molecule has 0 bridgehead atoms. The molecule has 4 saturated carbocycles. The molecule has 12 heteroatoms. The van der Waals surface area contributed by atoms with Gasteiger partial charge in [-0.05, 0) is 111 Å². The number of rotatable bonds is 6. The molecule has 7 rings (SSSR count). The van der Waals surface area contributed by atoms with E-state index in [9.17, 15) is 40.5 Å². The first kappa shape index (κ1) is 40.0. The van der Waals surface area contributed by atoms with Gasteiger partial charge in [-0.2, -0.15) is 0 Å². The Morgan fingerprint density at radius 3 is 2.21 bits per heavy atom. The first-order valence-corrected chi connectivity index (χ1v) is 20.2. The molecule has 0 unspecified atom stereocenters. The van der Waals surface area contributed by atoms with Crippen molar-refractivity contribution in [3.8, 4) is 0 Å². The molecule has 12 nitrogen and oxygen atoms in total. The number of carbonyl (C=O) groups is 1. The van der Waals surface area contributed by atoms with Crippen LogP contribution in [0.5, 0.6) is 0 Å². The first-order chi connectivity index (χ1) is 24.7. The Bertz CT molecular complexity index is 1440. The number of aliphatic hydroxyl groups excluding tert-OH is 6. The van der Waals surface area contributed by atoms with Gasteiger partial charge in [0.05, 0.1) is 30.8 Å². The van der Waals surface area contributed by atoms with Crippen LogP contribution in [0.1, 0.15) is 113 Å². The molecule has 53 heavy (non-hydrogen) atoms. The van der Waals surface area contributed by atoms with Gasteiger partial charge in [-0.15, -0.1) is 0 Å². The van der Waals surface area contributed by atoms with Crippen molar-refractivity contribution in [3.63, 3.8) is 0 Å².